The summed E-state index contributed by atoms with van der Waals surface area (Å²) in [7, 11) is 2.94. The quantitative estimate of drug-likeness (QED) is 0.683. The number of hydrogen-bond acceptors (Lipinski definition) is 5. The molecule has 0 aliphatic carbocycles. The zero-order valence-electron chi connectivity index (χ0n) is 12.3. The van der Waals surface area contributed by atoms with E-state index in [0.717, 1.165) is 5.56 Å². The monoisotopic (exact) mass is 294 g/mol. The third-order valence-electron chi connectivity index (χ3n) is 3.06. The summed E-state index contributed by atoms with van der Waals surface area (Å²) in [6.07, 6.45) is 0.253. The molecule has 0 bridgehead atoms. The van der Waals surface area contributed by atoms with Crippen molar-refractivity contribution in [3.8, 4) is 6.07 Å². The molecular weight excluding hydrogens is 275 g/mol. The number of ether oxygens (including phenoxy) is 2. The predicted octanol–water partition coefficient (Wildman–Crippen LogP) is 1.71. The van der Waals surface area contributed by atoms with Crippen LogP contribution in [0, 0.1) is 17.1 Å². The van der Waals surface area contributed by atoms with Crippen LogP contribution in [0.3, 0.4) is 0 Å². The van der Waals surface area contributed by atoms with Crippen LogP contribution in [0.1, 0.15) is 17.5 Å². The molecule has 0 heterocycles. The summed E-state index contributed by atoms with van der Waals surface area (Å²) in [5, 5.41) is 9.05. The molecule has 0 aliphatic rings. The van der Waals surface area contributed by atoms with Gasteiger partial charge in [-0.2, -0.15) is 5.26 Å². The number of nitrogens with zero attached hydrogens (tertiary/aromatic N) is 2. The van der Waals surface area contributed by atoms with Gasteiger partial charge in [0.15, 0.2) is 0 Å². The highest BCUT2D eigenvalue weighted by molar-refractivity contribution is 5.69. The van der Waals surface area contributed by atoms with Crippen molar-refractivity contribution in [1.82, 2.24) is 4.90 Å². The van der Waals surface area contributed by atoms with Crippen molar-refractivity contribution in [2.45, 2.75) is 13.0 Å². The van der Waals surface area contributed by atoms with Crippen LogP contribution < -0.4 is 0 Å². The molecule has 5 nitrogen and oxygen atoms in total. The van der Waals surface area contributed by atoms with Crippen molar-refractivity contribution in [3.63, 3.8) is 0 Å². The Labute approximate surface area is 123 Å². The topological polar surface area (TPSA) is 62.6 Å². The van der Waals surface area contributed by atoms with Crippen LogP contribution in [0.2, 0.25) is 0 Å². The van der Waals surface area contributed by atoms with E-state index in [1.54, 1.807) is 13.2 Å². The van der Waals surface area contributed by atoms with Crippen LogP contribution in [0.5, 0.6) is 0 Å². The minimum Gasteiger partial charge on any atom is -0.469 e. The molecule has 0 radical (unpaired) electrons. The largest absolute Gasteiger partial charge is 0.469 e. The van der Waals surface area contributed by atoms with Gasteiger partial charge in [0.25, 0.3) is 0 Å². The number of hydrogen-bond donors (Lipinski definition) is 0. The van der Waals surface area contributed by atoms with Crippen molar-refractivity contribution in [2.75, 3.05) is 33.9 Å². The number of carbonyl (C=O) groups is 1. The van der Waals surface area contributed by atoms with Crippen molar-refractivity contribution >= 4 is 5.97 Å². The second-order valence-electron chi connectivity index (χ2n) is 4.51. The third-order valence-corrected chi connectivity index (χ3v) is 3.06. The number of rotatable bonds is 8. The number of methoxy groups -OCH3 is 2. The van der Waals surface area contributed by atoms with Gasteiger partial charge in [0.05, 0.1) is 31.8 Å². The van der Waals surface area contributed by atoms with E-state index in [1.807, 2.05) is 11.0 Å². The predicted molar refractivity (Wildman–Crippen MR) is 74.9 cm³/mol. The molecule has 114 valence electrons. The highest BCUT2D eigenvalue weighted by Crippen LogP contribution is 2.13. The number of halogens is 1. The summed E-state index contributed by atoms with van der Waals surface area (Å²) in [5.41, 5.74) is 1.02. The van der Waals surface area contributed by atoms with Crippen LogP contribution in [0.25, 0.3) is 0 Å². The number of esters is 1. The van der Waals surface area contributed by atoms with Crippen molar-refractivity contribution in [3.05, 3.63) is 35.1 Å². The second-order valence-corrected chi connectivity index (χ2v) is 4.51. The van der Waals surface area contributed by atoms with Gasteiger partial charge in [-0.1, -0.05) is 6.07 Å². The van der Waals surface area contributed by atoms with E-state index < -0.39 is 5.82 Å². The molecule has 0 atom stereocenters. The Bertz CT molecular complexity index is 514. The van der Waals surface area contributed by atoms with Gasteiger partial charge in [-0.25, -0.2) is 4.39 Å². The maximum atomic E-state index is 13.1. The first-order valence-electron chi connectivity index (χ1n) is 6.57. The first kappa shape index (κ1) is 17.1. The number of nitriles is 1. The molecule has 21 heavy (non-hydrogen) atoms. The van der Waals surface area contributed by atoms with E-state index in [9.17, 15) is 9.18 Å². The van der Waals surface area contributed by atoms with E-state index in [-0.39, 0.29) is 12.4 Å². The van der Waals surface area contributed by atoms with Gasteiger partial charge < -0.3 is 9.47 Å². The second kappa shape index (κ2) is 9.06. The van der Waals surface area contributed by atoms with Crippen LogP contribution in [0.15, 0.2) is 18.2 Å². The zero-order valence-corrected chi connectivity index (χ0v) is 12.3. The van der Waals surface area contributed by atoms with Crippen LogP contribution >= 0.6 is 0 Å². The van der Waals surface area contributed by atoms with Gasteiger partial charge in [0.2, 0.25) is 0 Å². The molecule has 0 unspecified atom stereocenters. The van der Waals surface area contributed by atoms with Crippen LogP contribution in [0.4, 0.5) is 4.39 Å². The first-order chi connectivity index (χ1) is 10.1. The lowest BCUT2D eigenvalue weighted by Gasteiger charge is -2.22. The standard InChI is InChI=1S/C15H19FN2O3/c1-20-8-7-18(6-5-15(19)21-2)11-12-3-4-14(16)9-13(12)10-17/h3-4,9H,5-8,11H2,1-2H3. The molecular formula is C15H19FN2O3. The van der Waals surface area contributed by atoms with Crippen molar-refractivity contribution in [1.29, 1.82) is 5.26 Å². The van der Waals surface area contributed by atoms with Gasteiger partial charge in [0, 0.05) is 26.7 Å². The van der Waals surface area contributed by atoms with Crippen LogP contribution in [-0.2, 0) is 20.8 Å². The summed E-state index contributed by atoms with van der Waals surface area (Å²) < 4.78 is 22.8. The lowest BCUT2D eigenvalue weighted by molar-refractivity contribution is -0.141. The molecule has 0 saturated carbocycles. The van der Waals surface area contributed by atoms with Crippen molar-refractivity contribution < 1.29 is 18.7 Å². The normalized spacial score (nSPS) is 10.4. The van der Waals surface area contributed by atoms with E-state index in [0.29, 0.717) is 31.8 Å². The lowest BCUT2D eigenvalue weighted by atomic mass is 10.1. The van der Waals surface area contributed by atoms with E-state index >= 15 is 0 Å². The summed E-state index contributed by atoms with van der Waals surface area (Å²) >= 11 is 0. The smallest absolute Gasteiger partial charge is 0.306 e. The molecule has 0 saturated heterocycles. The highest BCUT2D eigenvalue weighted by atomic mass is 19.1. The number of carbonyl (C=O) groups excluding carboxylic acids is 1. The number of benzene rings is 1. The minimum absolute atomic E-state index is 0.253. The molecule has 1 rings (SSSR count). The van der Waals surface area contributed by atoms with Gasteiger partial charge in [0.1, 0.15) is 5.82 Å². The van der Waals surface area contributed by atoms with E-state index in [2.05, 4.69) is 4.74 Å². The zero-order chi connectivity index (χ0) is 15.7. The third kappa shape index (κ3) is 5.90. The minimum atomic E-state index is -0.437. The Balaban J connectivity index is 2.75. The lowest BCUT2D eigenvalue weighted by Crippen LogP contribution is -2.30. The first-order valence-corrected chi connectivity index (χ1v) is 6.57. The summed E-state index contributed by atoms with van der Waals surface area (Å²) in [4.78, 5) is 13.2. The van der Waals surface area contributed by atoms with Gasteiger partial charge >= 0.3 is 5.97 Å². The maximum Gasteiger partial charge on any atom is 0.306 e. The molecule has 0 aromatic heterocycles. The molecule has 0 amide bonds. The van der Waals surface area contributed by atoms with E-state index in [1.165, 1.54) is 19.2 Å². The van der Waals surface area contributed by atoms with Gasteiger partial charge in [-0.3, -0.25) is 9.69 Å². The molecule has 1 aromatic carbocycles. The highest BCUT2D eigenvalue weighted by Gasteiger charge is 2.12. The Hall–Kier alpha value is -1.97. The molecule has 0 aliphatic heterocycles. The fraction of sp³-hybridized carbons (Fsp3) is 0.467. The average molecular weight is 294 g/mol. The Morgan fingerprint density at radius 1 is 1.38 bits per heavy atom. The maximum absolute atomic E-state index is 13.1. The SMILES string of the molecule is COCCN(CCC(=O)OC)Cc1ccc(F)cc1C#N. The Morgan fingerprint density at radius 3 is 2.76 bits per heavy atom. The van der Waals surface area contributed by atoms with Crippen LogP contribution in [-0.4, -0.2) is 44.8 Å². The van der Waals surface area contributed by atoms with Gasteiger partial charge in [-0.15, -0.1) is 0 Å². The molecule has 1 aromatic rings. The average Bonchev–Trinajstić information content (AvgIpc) is 2.50. The van der Waals surface area contributed by atoms with Gasteiger partial charge in [-0.05, 0) is 17.7 Å². The molecule has 0 spiro atoms. The molecule has 0 N–H and O–H groups in total. The van der Waals surface area contributed by atoms with E-state index in [4.69, 9.17) is 10.00 Å². The Kier molecular flexibility index (Phi) is 7.37. The summed E-state index contributed by atoms with van der Waals surface area (Å²) in [6, 6.07) is 6.11. The molecule has 0 fully saturated rings. The molecule has 6 heteroatoms. The summed E-state index contributed by atoms with van der Waals surface area (Å²) in [5.74, 6) is -0.731. The Morgan fingerprint density at radius 2 is 2.14 bits per heavy atom. The summed E-state index contributed by atoms with van der Waals surface area (Å²) in [6.45, 7) is 2.04. The fourth-order valence-electron chi connectivity index (χ4n) is 1.87. The van der Waals surface area contributed by atoms with Crippen molar-refractivity contribution in [2.24, 2.45) is 0 Å². The fourth-order valence-corrected chi connectivity index (χ4v) is 1.87.